The van der Waals surface area contributed by atoms with Gasteiger partial charge in [0.2, 0.25) is 0 Å². The van der Waals surface area contributed by atoms with Crippen LogP contribution in [0.2, 0.25) is 0 Å². The van der Waals surface area contributed by atoms with Gasteiger partial charge in [-0.1, -0.05) is 49.2 Å². The lowest BCUT2D eigenvalue weighted by molar-refractivity contribution is 0.378. The van der Waals surface area contributed by atoms with E-state index in [4.69, 9.17) is 10.5 Å². The molecule has 0 atom stereocenters. The fourth-order valence-electron chi connectivity index (χ4n) is 3.59. The average molecular weight is 323 g/mol. The molecule has 0 amide bonds. The molecule has 0 spiro atoms. The number of nitrogens with one attached hydrogen (secondary N) is 1. The van der Waals surface area contributed by atoms with Gasteiger partial charge in [-0.2, -0.15) is 0 Å². The first-order valence-corrected chi connectivity index (χ1v) is 8.49. The molecule has 126 valence electrons. The van der Waals surface area contributed by atoms with Crippen molar-refractivity contribution in [2.45, 2.75) is 31.1 Å². The molecule has 4 heteroatoms. The van der Waals surface area contributed by atoms with E-state index < -0.39 is 0 Å². The zero-order valence-electron chi connectivity index (χ0n) is 14.2. The van der Waals surface area contributed by atoms with Crippen molar-refractivity contribution < 1.29 is 4.74 Å². The Morgan fingerprint density at radius 3 is 2.46 bits per heavy atom. The third-order valence-electron chi connectivity index (χ3n) is 4.84. The highest BCUT2D eigenvalue weighted by molar-refractivity contribution is 5.92. The van der Waals surface area contributed by atoms with Gasteiger partial charge in [0.25, 0.3) is 0 Å². The molecule has 0 radical (unpaired) electrons. The number of hydrogen-bond donors (Lipinski definition) is 2. The maximum Gasteiger partial charge on any atom is 0.193 e. The summed E-state index contributed by atoms with van der Waals surface area (Å²) in [6.07, 6.45) is 4.68. The van der Waals surface area contributed by atoms with Crippen LogP contribution in [0.4, 0.5) is 5.69 Å². The summed E-state index contributed by atoms with van der Waals surface area (Å²) in [5.74, 6) is 1.41. The number of guanidine groups is 1. The van der Waals surface area contributed by atoms with Gasteiger partial charge in [0.05, 0.1) is 13.7 Å². The molecular formula is C20H25N3O. The van der Waals surface area contributed by atoms with Crippen LogP contribution < -0.4 is 15.8 Å². The molecule has 4 nitrogen and oxygen atoms in total. The lowest BCUT2D eigenvalue weighted by Gasteiger charge is -2.29. The van der Waals surface area contributed by atoms with Crippen LogP contribution in [0, 0.1) is 0 Å². The molecule has 2 aromatic rings. The number of ether oxygens (including phenoxy) is 1. The summed E-state index contributed by atoms with van der Waals surface area (Å²) >= 11 is 0. The van der Waals surface area contributed by atoms with E-state index in [0.717, 1.165) is 24.3 Å². The Morgan fingerprint density at radius 1 is 1.08 bits per heavy atom. The van der Waals surface area contributed by atoms with E-state index >= 15 is 0 Å². The molecule has 0 aromatic heterocycles. The Labute approximate surface area is 143 Å². The third-order valence-corrected chi connectivity index (χ3v) is 4.84. The molecule has 1 fully saturated rings. The largest absolute Gasteiger partial charge is 0.496 e. The molecule has 3 N–H and O–H groups in total. The predicted molar refractivity (Wildman–Crippen MR) is 99.7 cm³/mol. The summed E-state index contributed by atoms with van der Waals surface area (Å²) < 4.78 is 5.59. The Balaban J connectivity index is 1.80. The molecule has 0 bridgehead atoms. The summed E-state index contributed by atoms with van der Waals surface area (Å²) in [7, 11) is 1.73. The van der Waals surface area contributed by atoms with Crippen molar-refractivity contribution in [1.29, 1.82) is 0 Å². The summed E-state index contributed by atoms with van der Waals surface area (Å²) in [5, 5.41) is 3.16. The van der Waals surface area contributed by atoms with Crippen molar-refractivity contribution in [2.24, 2.45) is 10.7 Å². The topological polar surface area (TPSA) is 59.6 Å². The molecule has 0 saturated heterocycles. The van der Waals surface area contributed by atoms with E-state index in [1.807, 2.05) is 42.5 Å². The minimum atomic E-state index is 0.0234. The first kappa shape index (κ1) is 16.4. The van der Waals surface area contributed by atoms with E-state index in [2.05, 4.69) is 22.4 Å². The van der Waals surface area contributed by atoms with Gasteiger partial charge < -0.3 is 15.8 Å². The summed E-state index contributed by atoms with van der Waals surface area (Å²) in [4.78, 5) is 4.65. The van der Waals surface area contributed by atoms with Gasteiger partial charge in [0.1, 0.15) is 5.75 Å². The van der Waals surface area contributed by atoms with Crippen LogP contribution in [-0.2, 0) is 5.41 Å². The van der Waals surface area contributed by atoms with Crippen LogP contribution in [0.5, 0.6) is 5.75 Å². The number of nitrogens with zero attached hydrogens (tertiary/aromatic N) is 1. The van der Waals surface area contributed by atoms with Crippen molar-refractivity contribution in [3.63, 3.8) is 0 Å². The number of nitrogens with two attached hydrogens (primary N) is 1. The fraction of sp³-hybridized carbons (Fsp3) is 0.350. The van der Waals surface area contributed by atoms with Crippen molar-refractivity contribution in [1.82, 2.24) is 0 Å². The lowest BCUT2D eigenvalue weighted by Crippen LogP contribution is -2.30. The van der Waals surface area contributed by atoms with Crippen LogP contribution >= 0.6 is 0 Å². The highest BCUT2D eigenvalue weighted by atomic mass is 16.5. The highest BCUT2D eigenvalue weighted by Crippen LogP contribution is 2.44. The number of para-hydroxylation sites is 2. The second-order valence-electron chi connectivity index (χ2n) is 6.38. The van der Waals surface area contributed by atoms with E-state index in [-0.39, 0.29) is 5.41 Å². The molecule has 1 saturated carbocycles. The zero-order chi connectivity index (χ0) is 16.8. The molecule has 2 aromatic carbocycles. The predicted octanol–water partition coefficient (Wildman–Crippen LogP) is 3.93. The Morgan fingerprint density at radius 2 is 1.75 bits per heavy atom. The summed E-state index contributed by atoms with van der Waals surface area (Å²) in [6, 6.07) is 18.2. The standard InChI is InChI=1S/C20H25N3O/c1-24-18-12-6-5-11-17(18)20(13-7-8-14-20)15-22-19(21)23-16-9-3-2-4-10-16/h2-6,9-12H,7-8,13-15H2,1H3,(H3,21,22,23). The van der Waals surface area contributed by atoms with Gasteiger partial charge in [-0.05, 0) is 31.0 Å². The maximum absolute atomic E-state index is 6.10. The smallest absolute Gasteiger partial charge is 0.193 e. The van der Waals surface area contributed by atoms with Gasteiger partial charge in [0, 0.05) is 16.7 Å². The SMILES string of the molecule is COc1ccccc1C1(CN=C(N)Nc2ccccc2)CCCC1. The average Bonchev–Trinajstić information content (AvgIpc) is 3.11. The van der Waals surface area contributed by atoms with Crippen LogP contribution in [0.15, 0.2) is 59.6 Å². The van der Waals surface area contributed by atoms with Crippen LogP contribution in [0.3, 0.4) is 0 Å². The Hall–Kier alpha value is -2.49. The summed E-state index contributed by atoms with van der Waals surface area (Å²) in [6.45, 7) is 0.680. The minimum Gasteiger partial charge on any atom is -0.496 e. The first-order chi connectivity index (χ1) is 11.7. The zero-order valence-corrected chi connectivity index (χ0v) is 14.2. The quantitative estimate of drug-likeness (QED) is 0.647. The molecule has 0 heterocycles. The second kappa shape index (κ2) is 7.39. The Kier molecular flexibility index (Phi) is 5.04. The van der Waals surface area contributed by atoms with Crippen molar-refractivity contribution >= 4 is 11.6 Å². The third kappa shape index (κ3) is 3.53. The maximum atomic E-state index is 6.10. The summed E-state index contributed by atoms with van der Waals surface area (Å²) in [5.41, 5.74) is 8.33. The van der Waals surface area contributed by atoms with Gasteiger partial charge in [-0.25, -0.2) is 0 Å². The number of benzene rings is 2. The fourth-order valence-corrected chi connectivity index (χ4v) is 3.59. The van der Waals surface area contributed by atoms with E-state index in [1.165, 1.54) is 18.4 Å². The van der Waals surface area contributed by atoms with Crippen molar-refractivity contribution in [3.8, 4) is 5.75 Å². The van der Waals surface area contributed by atoms with E-state index in [0.29, 0.717) is 12.5 Å². The lowest BCUT2D eigenvalue weighted by atomic mass is 9.78. The molecule has 0 unspecified atom stereocenters. The number of hydrogen-bond acceptors (Lipinski definition) is 2. The van der Waals surface area contributed by atoms with Crippen molar-refractivity contribution in [3.05, 3.63) is 60.2 Å². The Bertz CT molecular complexity index is 691. The van der Waals surface area contributed by atoms with Crippen LogP contribution in [0.1, 0.15) is 31.2 Å². The number of aliphatic imine (C=N–C) groups is 1. The number of anilines is 1. The number of methoxy groups -OCH3 is 1. The minimum absolute atomic E-state index is 0.0234. The van der Waals surface area contributed by atoms with Crippen LogP contribution in [0.25, 0.3) is 0 Å². The first-order valence-electron chi connectivity index (χ1n) is 8.49. The van der Waals surface area contributed by atoms with E-state index in [9.17, 15) is 0 Å². The van der Waals surface area contributed by atoms with Gasteiger partial charge in [-0.15, -0.1) is 0 Å². The molecule has 24 heavy (non-hydrogen) atoms. The number of rotatable bonds is 5. The monoisotopic (exact) mass is 323 g/mol. The van der Waals surface area contributed by atoms with Gasteiger partial charge >= 0.3 is 0 Å². The van der Waals surface area contributed by atoms with Crippen molar-refractivity contribution in [2.75, 3.05) is 19.0 Å². The molecule has 0 aliphatic heterocycles. The normalized spacial score (nSPS) is 16.8. The molecule has 1 aliphatic rings. The molecule has 1 aliphatic carbocycles. The molecular weight excluding hydrogens is 298 g/mol. The van der Waals surface area contributed by atoms with Gasteiger partial charge in [0.15, 0.2) is 5.96 Å². The second-order valence-corrected chi connectivity index (χ2v) is 6.38. The van der Waals surface area contributed by atoms with Crippen LogP contribution in [-0.4, -0.2) is 19.6 Å². The molecule has 3 rings (SSSR count). The van der Waals surface area contributed by atoms with E-state index in [1.54, 1.807) is 7.11 Å². The van der Waals surface area contributed by atoms with Gasteiger partial charge in [-0.3, -0.25) is 4.99 Å². The highest BCUT2D eigenvalue weighted by Gasteiger charge is 2.37.